The zero-order valence-electron chi connectivity index (χ0n) is 15.1. The summed E-state index contributed by atoms with van der Waals surface area (Å²) < 4.78 is 0. The molecule has 0 spiro atoms. The number of nitrogens with one attached hydrogen (secondary N) is 1. The number of hydrogen-bond donors (Lipinski definition) is 2. The fraction of sp³-hybridized carbons (Fsp3) is 0.421. The molecule has 0 saturated carbocycles. The molecule has 2 aromatic rings. The second kappa shape index (κ2) is 7.86. The van der Waals surface area contributed by atoms with Crippen LogP contribution in [0, 0.1) is 11.3 Å². The molecular weight excluding hydrogens is 370 g/mol. The molecule has 1 aromatic carbocycles. The van der Waals surface area contributed by atoms with E-state index in [0.717, 1.165) is 17.7 Å². The molecule has 1 aromatic heterocycles. The summed E-state index contributed by atoms with van der Waals surface area (Å²) in [7, 11) is 0. The molecule has 0 saturated heterocycles. The van der Waals surface area contributed by atoms with E-state index in [1.165, 1.54) is 11.3 Å². The van der Waals surface area contributed by atoms with Crippen molar-refractivity contribution < 1.29 is 9.59 Å². The van der Waals surface area contributed by atoms with Gasteiger partial charge in [-0.25, -0.2) is 4.98 Å². The van der Waals surface area contributed by atoms with Crippen molar-refractivity contribution in [3.63, 3.8) is 0 Å². The topological polar surface area (TPSA) is 85.1 Å². The molecule has 1 heterocycles. The van der Waals surface area contributed by atoms with Crippen molar-refractivity contribution in [2.45, 2.75) is 39.7 Å². The summed E-state index contributed by atoms with van der Waals surface area (Å²) >= 11 is 1.26. The van der Waals surface area contributed by atoms with Crippen LogP contribution in [0.3, 0.4) is 0 Å². The summed E-state index contributed by atoms with van der Waals surface area (Å²) in [4.78, 5) is 30.0. The monoisotopic (exact) mass is 393 g/mol. The second-order valence-electron chi connectivity index (χ2n) is 7.45. The number of aromatic nitrogens is 1. The van der Waals surface area contributed by atoms with Crippen molar-refractivity contribution in [3.05, 3.63) is 46.5 Å². The van der Waals surface area contributed by atoms with Crippen LogP contribution in [-0.4, -0.2) is 16.7 Å². The smallest absolute Gasteiger partial charge is 0.230 e. The number of carbonyl (C=O) groups is 2. The number of nitrogens with zero attached hydrogens (tertiary/aromatic N) is 1. The first-order valence-corrected chi connectivity index (χ1v) is 9.23. The Bertz CT molecular complexity index is 804. The van der Waals surface area contributed by atoms with Crippen molar-refractivity contribution in [3.8, 4) is 0 Å². The van der Waals surface area contributed by atoms with Crippen LogP contribution in [0.15, 0.2) is 30.3 Å². The first-order chi connectivity index (χ1) is 11.8. The van der Waals surface area contributed by atoms with Crippen molar-refractivity contribution in [1.29, 1.82) is 0 Å². The number of halogens is 1. The van der Waals surface area contributed by atoms with Crippen LogP contribution in [0.5, 0.6) is 0 Å². The Kier molecular flexibility index (Phi) is 6.21. The molecular formula is C19H24ClN3O2S. The number of thiazole rings is 1. The maximum atomic E-state index is 12.5. The summed E-state index contributed by atoms with van der Waals surface area (Å²) in [5.74, 6) is -0.483. The van der Waals surface area contributed by atoms with Gasteiger partial charge < -0.3 is 11.1 Å². The average Bonchev–Trinajstić information content (AvgIpc) is 2.95. The maximum absolute atomic E-state index is 12.5. The lowest BCUT2D eigenvalue weighted by atomic mass is 9.78. The third kappa shape index (κ3) is 4.31. The predicted octanol–water partition coefficient (Wildman–Crippen LogP) is 3.99. The van der Waals surface area contributed by atoms with Gasteiger partial charge in [-0.3, -0.25) is 9.59 Å². The van der Waals surface area contributed by atoms with E-state index in [2.05, 4.69) is 24.1 Å². The minimum Gasteiger partial charge on any atom is -0.323 e. The van der Waals surface area contributed by atoms with Crippen LogP contribution in [0.25, 0.3) is 0 Å². The van der Waals surface area contributed by atoms with Gasteiger partial charge in [0.2, 0.25) is 5.91 Å². The Balaban J connectivity index is 0.00000243. The van der Waals surface area contributed by atoms with Crippen LogP contribution >= 0.6 is 23.7 Å². The molecule has 1 aliphatic rings. The number of Topliss-reactive ketones (excluding diaryl/α,β-unsaturated/α-hetero) is 1. The molecule has 0 radical (unpaired) electrons. The fourth-order valence-electron chi connectivity index (χ4n) is 3.12. The Morgan fingerprint density at radius 1 is 1.27 bits per heavy atom. The number of nitrogens with two attached hydrogens (primary N) is 1. The molecule has 0 aliphatic heterocycles. The third-order valence-corrected chi connectivity index (χ3v) is 5.66. The number of anilines is 1. The van der Waals surface area contributed by atoms with Gasteiger partial charge in [0.15, 0.2) is 10.9 Å². The summed E-state index contributed by atoms with van der Waals surface area (Å²) in [6.45, 7) is 5.92. The van der Waals surface area contributed by atoms with E-state index in [0.29, 0.717) is 16.4 Å². The highest BCUT2D eigenvalue weighted by Gasteiger charge is 2.34. The summed E-state index contributed by atoms with van der Waals surface area (Å²) in [6.07, 6.45) is 1.27. The minimum atomic E-state index is -0.407. The van der Waals surface area contributed by atoms with Crippen LogP contribution < -0.4 is 11.1 Å². The SMILES string of the molecule is CC(C(=O)Nc1nc2c(s1)C(=O)CC(C)(C)C2)C(N)c1ccccc1.Cl. The lowest BCUT2D eigenvalue weighted by Gasteiger charge is -2.26. The van der Waals surface area contributed by atoms with Gasteiger partial charge in [-0.1, -0.05) is 62.4 Å². The zero-order valence-corrected chi connectivity index (χ0v) is 16.7. The van der Waals surface area contributed by atoms with Gasteiger partial charge >= 0.3 is 0 Å². The Labute approximate surface area is 163 Å². The molecule has 5 nitrogen and oxygen atoms in total. The number of ketones is 1. The number of carbonyl (C=O) groups excluding carboxylic acids is 2. The van der Waals surface area contributed by atoms with E-state index in [4.69, 9.17) is 5.73 Å². The molecule has 1 aliphatic carbocycles. The van der Waals surface area contributed by atoms with Gasteiger partial charge in [-0.05, 0) is 17.4 Å². The Morgan fingerprint density at radius 3 is 2.58 bits per heavy atom. The Morgan fingerprint density at radius 2 is 1.92 bits per heavy atom. The van der Waals surface area contributed by atoms with E-state index in [-0.39, 0.29) is 29.5 Å². The molecule has 3 N–H and O–H groups in total. The van der Waals surface area contributed by atoms with E-state index < -0.39 is 12.0 Å². The molecule has 2 unspecified atom stereocenters. The number of amides is 1. The average molecular weight is 394 g/mol. The lowest BCUT2D eigenvalue weighted by molar-refractivity contribution is -0.120. The van der Waals surface area contributed by atoms with E-state index in [1.54, 1.807) is 6.92 Å². The highest BCUT2D eigenvalue weighted by atomic mass is 35.5. The normalized spacial score (nSPS) is 17.6. The van der Waals surface area contributed by atoms with Crippen molar-refractivity contribution in [2.24, 2.45) is 17.1 Å². The number of hydrogen-bond acceptors (Lipinski definition) is 5. The van der Waals surface area contributed by atoms with Crippen molar-refractivity contribution in [1.82, 2.24) is 4.98 Å². The first kappa shape index (κ1) is 20.6. The molecule has 7 heteroatoms. The van der Waals surface area contributed by atoms with Crippen molar-refractivity contribution >= 4 is 40.6 Å². The molecule has 140 valence electrons. The van der Waals surface area contributed by atoms with E-state index >= 15 is 0 Å². The highest BCUT2D eigenvalue weighted by molar-refractivity contribution is 7.17. The van der Waals surface area contributed by atoms with E-state index in [9.17, 15) is 9.59 Å². The fourth-order valence-corrected chi connectivity index (χ4v) is 4.04. The van der Waals surface area contributed by atoms with Crippen molar-refractivity contribution in [2.75, 3.05) is 5.32 Å². The standard InChI is InChI=1S/C19H23N3O2S.ClH/c1-11(15(20)12-7-5-4-6-8-12)17(24)22-18-21-13-9-19(2,3)10-14(23)16(13)25-18;/h4-8,11,15H,9-10,20H2,1-3H3,(H,21,22,24);1H. The summed E-state index contributed by atoms with van der Waals surface area (Å²) in [5, 5.41) is 3.31. The molecule has 0 bridgehead atoms. The van der Waals surface area contributed by atoms with Gasteiger partial charge in [0.05, 0.1) is 16.5 Å². The second-order valence-corrected chi connectivity index (χ2v) is 8.45. The first-order valence-electron chi connectivity index (χ1n) is 8.41. The summed E-state index contributed by atoms with van der Waals surface area (Å²) in [6, 6.07) is 9.16. The lowest BCUT2D eigenvalue weighted by Crippen LogP contribution is -2.30. The minimum absolute atomic E-state index is 0. The quantitative estimate of drug-likeness (QED) is 0.822. The number of fused-ring (bicyclic) bond motifs is 1. The molecule has 2 atom stereocenters. The maximum Gasteiger partial charge on any atom is 0.230 e. The van der Waals surface area contributed by atoms with Crippen LogP contribution in [0.4, 0.5) is 5.13 Å². The molecule has 3 rings (SSSR count). The van der Waals surface area contributed by atoms with Gasteiger partial charge in [0.25, 0.3) is 0 Å². The zero-order chi connectivity index (χ0) is 18.2. The number of benzene rings is 1. The Hall–Kier alpha value is -1.76. The largest absolute Gasteiger partial charge is 0.323 e. The molecule has 26 heavy (non-hydrogen) atoms. The van der Waals surface area contributed by atoms with Crippen LogP contribution in [0.1, 0.15) is 54.2 Å². The van der Waals surface area contributed by atoms with Gasteiger partial charge in [0, 0.05) is 12.5 Å². The molecule has 0 fully saturated rings. The third-order valence-electron chi connectivity index (χ3n) is 4.60. The van der Waals surface area contributed by atoms with E-state index in [1.807, 2.05) is 30.3 Å². The van der Waals surface area contributed by atoms with Gasteiger partial charge in [-0.2, -0.15) is 0 Å². The molecule has 1 amide bonds. The van der Waals surface area contributed by atoms with Crippen LogP contribution in [0.2, 0.25) is 0 Å². The summed E-state index contributed by atoms with van der Waals surface area (Å²) in [5.41, 5.74) is 7.85. The van der Waals surface area contributed by atoms with Gasteiger partial charge in [-0.15, -0.1) is 12.4 Å². The van der Waals surface area contributed by atoms with Crippen LogP contribution in [-0.2, 0) is 11.2 Å². The van der Waals surface area contributed by atoms with Gasteiger partial charge in [0.1, 0.15) is 0 Å². The number of rotatable bonds is 4. The highest BCUT2D eigenvalue weighted by Crippen LogP contribution is 2.38. The predicted molar refractivity (Wildman–Crippen MR) is 107 cm³/mol.